The molecule has 1 saturated heterocycles. The van der Waals surface area contributed by atoms with Gasteiger partial charge in [0.05, 0.1) is 4.90 Å². The molecule has 0 atom stereocenters. The fourth-order valence-corrected chi connectivity index (χ4v) is 5.58. The van der Waals surface area contributed by atoms with Gasteiger partial charge >= 0.3 is 0 Å². The van der Waals surface area contributed by atoms with Gasteiger partial charge in [-0.15, -0.1) is 0 Å². The molecule has 2 aliphatic rings. The average Bonchev–Trinajstić information content (AvgIpc) is 2.96. The molecular weight excluding hydrogens is 364 g/mol. The van der Waals surface area contributed by atoms with Gasteiger partial charge in [0.1, 0.15) is 0 Å². The highest BCUT2D eigenvalue weighted by Crippen LogP contribution is 2.33. The van der Waals surface area contributed by atoms with E-state index in [1.54, 1.807) is 31.2 Å². The van der Waals surface area contributed by atoms with Crippen LogP contribution in [0, 0.1) is 0 Å². The van der Waals surface area contributed by atoms with Gasteiger partial charge in [-0.2, -0.15) is 4.31 Å². The highest BCUT2D eigenvalue weighted by Gasteiger charge is 2.34. The molecule has 6 nitrogen and oxygen atoms in total. The van der Waals surface area contributed by atoms with Gasteiger partial charge in [0, 0.05) is 36.1 Å². The summed E-state index contributed by atoms with van der Waals surface area (Å²) < 4.78 is 27.9. The Labute approximate surface area is 158 Å². The number of carbonyl (C=O) groups is 2. The number of sulfonamides is 1. The second kappa shape index (κ2) is 6.73. The molecule has 2 heterocycles. The van der Waals surface area contributed by atoms with Gasteiger partial charge in [0.2, 0.25) is 10.0 Å². The standard InChI is InChI=1S/C20H22N2O4S/c1-2-22-19(23)16-9-7-8-14-12-15(13-17(18(14)16)20(22)24)27(25,26)21-10-5-3-4-6-11-21/h7-9,12-13H,2-6,10-11H2,1H3. The normalized spacial score (nSPS) is 18.8. The van der Waals surface area contributed by atoms with Crippen LogP contribution in [-0.4, -0.2) is 49.1 Å². The minimum absolute atomic E-state index is 0.128. The second-order valence-corrected chi connectivity index (χ2v) is 8.99. The highest BCUT2D eigenvalue weighted by atomic mass is 32.2. The molecule has 0 N–H and O–H groups in total. The summed E-state index contributed by atoms with van der Waals surface area (Å²) in [6, 6.07) is 8.21. The maximum Gasteiger partial charge on any atom is 0.261 e. The number of hydrogen-bond acceptors (Lipinski definition) is 4. The maximum absolute atomic E-state index is 13.2. The van der Waals surface area contributed by atoms with Crippen molar-refractivity contribution in [2.24, 2.45) is 0 Å². The first kappa shape index (κ1) is 18.1. The van der Waals surface area contributed by atoms with Crippen molar-refractivity contribution in [3.05, 3.63) is 41.5 Å². The Morgan fingerprint density at radius 2 is 1.59 bits per heavy atom. The van der Waals surface area contributed by atoms with Gasteiger partial charge in [0.15, 0.2) is 0 Å². The minimum atomic E-state index is -3.68. The van der Waals surface area contributed by atoms with Crippen molar-refractivity contribution in [1.82, 2.24) is 9.21 Å². The van der Waals surface area contributed by atoms with Crippen LogP contribution in [0.25, 0.3) is 10.8 Å². The number of imide groups is 1. The lowest BCUT2D eigenvalue weighted by Crippen LogP contribution is -2.40. The molecule has 0 aromatic heterocycles. The van der Waals surface area contributed by atoms with Crippen LogP contribution in [0.15, 0.2) is 35.2 Å². The van der Waals surface area contributed by atoms with E-state index in [4.69, 9.17) is 0 Å². The third kappa shape index (κ3) is 2.85. The lowest BCUT2D eigenvalue weighted by atomic mass is 9.94. The topological polar surface area (TPSA) is 74.8 Å². The average molecular weight is 386 g/mol. The van der Waals surface area contributed by atoms with Crippen LogP contribution < -0.4 is 0 Å². The predicted octanol–water partition coefficient (Wildman–Crippen LogP) is 3.02. The van der Waals surface area contributed by atoms with Crippen molar-refractivity contribution >= 4 is 32.6 Å². The number of hydrogen-bond donors (Lipinski definition) is 0. The molecule has 27 heavy (non-hydrogen) atoms. The SMILES string of the molecule is CCN1C(=O)c2cccc3cc(S(=O)(=O)N4CCCCCC4)cc(c23)C1=O. The molecule has 0 unspecified atom stereocenters. The zero-order valence-corrected chi connectivity index (χ0v) is 16.1. The van der Waals surface area contributed by atoms with E-state index in [0.717, 1.165) is 25.7 Å². The molecule has 2 aromatic carbocycles. The largest absolute Gasteiger partial charge is 0.275 e. The van der Waals surface area contributed by atoms with Gasteiger partial charge in [-0.05, 0) is 43.4 Å². The van der Waals surface area contributed by atoms with E-state index in [9.17, 15) is 18.0 Å². The van der Waals surface area contributed by atoms with E-state index in [2.05, 4.69) is 0 Å². The maximum atomic E-state index is 13.2. The summed E-state index contributed by atoms with van der Waals surface area (Å²) in [6.45, 7) is 2.99. The van der Waals surface area contributed by atoms with Crippen molar-refractivity contribution in [3.8, 4) is 0 Å². The number of amides is 2. The summed E-state index contributed by atoms with van der Waals surface area (Å²) in [4.78, 5) is 26.7. The van der Waals surface area contributed by atoms with Crippen LogP contribution in [0.5, 0.6) is 0 Å². The molecule has 7 heteroatoms. The predicted molar refractivity (Wildman–Crippen MR) is 102 cm³/mol. The third-order valence-electron chi connectivity index (χ3n) is 5.42. The Balaban J connectivity index is 1.91. The number of nitrogens with zero attached hydrogens (tertiary/aromatic N) is 2. The molecule has 2 aromatic rings. The molecular formula is C20H22N2O4S. The van der Waals surface area contributed by atoms with Crippen molar-refractivity contribution < 1.29 is 18.0 Å². The first-order valence-corrected chi connectivity index (χ1v) is 10.8. The van der Waals surface area contributed by atoms with E-state index >= 15 is 0 Å². The molecule has 0 saturated carbocycles. The van der Waals surface area contributed by atoms with Crippen LogP contribution in [0.2, 0.25) is 0 Å². The summed E-state index contributed by atoms with van der Waals surface area (Å²) in [5.41, 5.74) is 0.737. The molecule has 1 fully saturated rings. The fourth-order valence-electron chi connectivity index (χ4n) is 4.00. The minimum Gasteiger partial charge on any atom is -0.275 e. The van der Waals surface area contributed by atoms with Gasteiger partial charge in [-0.3, -0.25) is 14.5 Å². The van der Waals surface area contributed by atoms with Gasteiger partial charge in [-0.25, -0.2) is 8.42 Å². The van der Waals surface area contributed by atoms with Crippen LogP contribution in [0.3, 0.4) is 0 Å². The fraction of sp³-hybridized carbons (Fsp3) is 0.400. The molecule has 0 aliphatic carbocycles. The Bertz CT molecular complexity index is 1040. The van der Waals surface area contributed by atoms with E-state index in [-0.39, 0.29) is 22.9 Å². The Hall–Kier alpha value is -2.25. The van der Waals surface area contributed by atoms with E-state index in [1.807, 2.05) is 0 Å². The number of rotatable bonds is 3. The summed E-state index contributed by atoms with van der Waals surface area (Å²) in [5.74, 6) is -0.761. The molecule has 0 bridgehead atoms. The summed E-state index contributed by atoms with van der Waals surface area (Å²) in [6.07, 6.45) is 3.76. The third-order valence-corrected chi connectivity index (χ3v) is 7.30. The van der Waals surface area contributed by atoms with Gasteiger partial charge in [0.25, 0.3) is 11.8 Å². The summed E-state index contributed by atoms with van der Waals surface area (Å²) >= 11 is 0. The quantitative estimate of drug-likeness (QED) is 0.760. The Morgan fingerprint density at radius 1 is 0.926 bits per heavy atom. The first-order valence-electron chi connectivity index (χ1n) is 9.38. The molecule has 4 rings (SSSR count). The smallest absolute Gasteiger partial charge is 0.261 e. The lowest BCUT2D eigenvalue weighted by Gasteiger charge is -2.27. The van der Waals surface area contributed by atoms with E-state index in [1.165, 1.54) is 15.3 Å². The van der Waals surface area contributed by atoms with Crippen LogP contribution in [0.4, 0.5) is 0 Å². The highest BCUT2D eigenvalue weighted by molar-refractivity contribution is 7.89. The van der Waals surface area contributed by atoms with Crippen LogP contribution in [-0.2, 0) is 10.0 Å². The number of benzene rings is 2. The summed E-state index contributed by atoms with van der Waals surface area (Å²) in [7, 11) is -3.68. The van der Waals surface area contributed by atoms with Crippen molar-refractivity contribution in [2.45, 2.75) is 37.5 Å². The van der Waals surface area contributed by atoms with Crippen LogP contribution in [0.1, 0.15) is 53.3 Å². The zero-order valence-electron chi connectivity index (χ0n) is 15.3. The van der Waals surface area contributed by atoms with E-state index < -0.39 is 15.9 Å². The van der Waals surface area contributed by atoms with Gasteiger partial charge in [-0.1, -0.05) is 25.0 Å². The Morgan fingerprint density at radius 3 is 2.26 bits per heavy atom. The van der Waals surface area contributed by atoms with Crippen LogP contribution >= 0.6 is 0 Å². The number of carbonyl (C=O) groups excluding carboxylic acids is 2. The molecule has 0 radical (unpaired) electrons. The molecule has 0 spiro atoms. The van der Waals surface area contributed by atoms with Crippen molar-refractivity contribution in [2.75, 3.05) is 19.6 Å². The van der Waals surface area contributed by atoms with Crippen molar-refractivity contribution in [1.29, 1.82) is 0 Å². The molecule has 142 valence electrons. The summed E-state index contributed by atoms with van der Waals surface area (Å²) in [5, 5.41) is 1.16. The van der Waals surface area contributed by atoms with Crippen molar-refractivity contribution in [3.63, 3.8) is 0 Å². The monoisotopic (exact) mass is 386 g/mol. The first-order chi connectivity index (χ1) is 12.9. The Kier molecular flexibility index (Phi) is 4.52. The molecule has 2 amide bonds. The zero-order chi connectivity index (χ0) is 19.2. The van der Waals surface area contributed by atoms with E-state index in [0.29, 0.717) is 29.4 Å². The lowest BCUT2D eigenvalue weighted by molar-refractivity contribution is 0.0619. The second-order valence-electron chi connectivity index (χ2n) is 7.05. The molecule has 2 aliphatic heterocycles. The van der Waals surface area contributed by atoms with Gasteiger partial charge < -0.3 is 0 Å².